The molecule has 3 nitrogen and oxygen atoms in total. The molecule has 0 aliphatic rings. The number of benzene rings is 1. The van der Waals surface area contributed by atoms with Crippen LogP contribution in [0.5, 0.6) is 0 Å². The van der Waals surface area contributed by atoms with Crippen LogP contribution in [0, 0.1) is 5.41 Å². The van der Waals surface area contributed by atoms with E-state index in [1.807, 2.05) is 39.0 Å². The average Bonchev–Trinajstić information content (AvgIpc) is 2.50. The summed E-state index contributed by atoms with van der Waals surface area (Å²) in [5, 5.41) is 0. The zero-order valence-corrected chi connectivity index (χ0v) is 14.3. The van der Waals surface area contributed by atoms with Crippen molar-refractivity contribution in [1.82, 2.24) is 0 Å². The molecular weight excluding hydrogens is 366 g/mol. The molecule has 0 N–H and O–H groups in total. The van der Waals surface area contributed by atoms with E-state index in [1.54, 1.807) is 0 Å². The normalized spacial score (nSPS) is 12.0. The van der Waals surface area contributed by atoms with Gasteiger partial charge >= 0.3 is 23.9 Å². The highest BCUT2D eigenvalue weighted by atomic mass is 19.4. The van der Waals surface area contributed by atoms with Crippen molar-refractivity contribution >= 4 is 17.3 Å². The number of carbonyl (C=O) groups is 3. The lowest BCUT2D eigenvalue weighted by Crippen LogP contribution is -2.39. The maximum Gasteiger partial charge on any atom is 0.458 e. The molecule has 0 aliphatic heterocycles. The number of aryl methyl sites for hydroxylation is 1. The number of rotatable bonds is 4. The monoisotopic (exact) mass is 384 g/mol. The first-order valence-electron chi connectivity index (χ1n) is 7.36. The Labute approximate surface area is 146 Å². The van der Waals surface area contributed by atoms with Crippen molar-refractivity contribution in [2.45, 2.75) is 46.0 Å². The standard InChI is InChI=1S/C13H18O.C4F6O2/c1-13(2,3)12(14)10-9-11-7-5-4-6-8-11;5-3(6,7)1(11)2(12)4(8,9)10/h4-8H,9-10H2,1-3H3;. The predicted molar refractivity (Wildman–Crippen MR) is 81.3 cm³/mol. The minimum atomic E-state index is -5.77. The highest BCUT2D eigenvalue weighted by molar-refractivity contribution is 6.41. The molecule has 0 saturated carbocycles. The van der Waals surface area contributed by atoms with E-state index in [9.17, 15) is 40.7 Å². The first-order valence-corrected chi connectivity index (χ1v) is 7.36. The molecule has 0 saturated heterocycles. The molecule has 1 rings (SSSR count). The molecular formula is C17H18F6O3. The van der Waals surface area contributed by atoms with Gasteiger partial charge in [-0.2, -0.15) is 26.3 Å². The Balaban J connectivity index is 0.000000488. The van der Waals surface area contributed by atoms with Crippen molar-refractivity contribution in [2.24, 2.45) is 5.41 Å². The number of hydrogen-bond acceptors (Lipinski definition) is 3. The predicted octanol–water partition coefficient (Wildman–Crippen LogP) is 4.48. The van der Waals surface area contributed by atoms with Gasteiger partial charge in [-0.05, 0) is 12.0 Å². The van der Waals surface area contributed by atoms with Gasteiger partial charge in [0.2, 0.25) is 0 Å². The lowest BCUT2D eigenvalue weighted by molar-refractivity contribution is -0.193. The van der Waals surface area contributed by atoms with Gasteiger partial charge in [0.1, 0.15) is 5.78 Å². The molecule has 26 heavy (non-hydrogen) atoms. The third-order valence-electron chi connectivity index (χ3n) is 3.04. The van der Waals surface area contributed by atoms with E-state index >= 15 is 0 Å². The Morgan fingerprint density at radius 3 is 1.46 bits per heavy atom. The van der Waals surface area contributed by atoms with Gasteiger partial charge in [0.15, 0.2) is 0 Å². The molecule has 0 fully saturated rings. The van der Waals surface area contributed by atoms with Crippen LogP contribution in [0.15, 0.2) is 30.3 Å². The van der Waals surface area contributed by atoms with E-state index in [2.05, 4.69) is 12.1 Å². The number of halogens is 6. The summed E-state index contributed by atoms with van der Waals surface area (Å²) in [6, 6.07) is 10.1. The fourth-order valence-corrected chi connectivity index (χ4v) is 1.54. The molecule has 0 amide bonds. The largest absolute Gasteiger partial charge is 0.458 e. The van der Waals surface area contributed by atoms with Gasteiger partial charge in [0.25, 0.3) is 0 Å². The molecule has 0 aromatic heterocycles. The SMILES string of the molecule is CC(C)(C)C(=O)CCc1ccccc1.O=C(C(=O)C(F)(F)F)C(F)(F)F. The van der Waals surface area contributed by atoms with Crippen molar-refractivity contribution in [3.63, 3.8) is 0 Å². The van der Waals surface area contributed by atoms with Crippen LogP contribution in [0.1, 0.15) is 32.8 Å². The van der Waals surface area contributed by atoms with E-state index in [0.717, 1.165) is 6.42 Å². The lowest BCUT2D eigenvalue weighted by Gasteiger charge is -2.16. The van der Waals surface area contributed by atoms with E-state index < -0.39 is 23.9 Å². The molecule has 0 spiro atoms. The highest BCUT2D eigenvalue weighted by Crippen LogP contribution is 2.24. The average molecular weight is 384 g/mol. The second-order valence-corrected chi connectivity index (χ2v) is 6.31. The smallest absolute Gasteiger partial charge is 0.299 e. The Kier molecular flexibility index (Phi) is 8.20. The number of alkyl halides is 6. The second-order valence-electron chi connectivity index (χ2n) is 6.31. The zero-order valence-electron chi connectivity index (χ0n) is 14.3. The molecule has 0 heterocycles. The number of carbonyl (C=O) groups excluding carboxylic acids is 3. The van der Waals surface area contributed by atoms with Crippen LogP contribution >= 0.6 is 0 Å². The summed E-state index contributed by atoms with van der Waals surface area (Å²) in [5.74, 6) is -6.48. The van der Waals surface area contributed by atoms with Crippen LogP contribution in [0.3, 0.4) is 0 Å². The highest BCUT2D eigenvalue weighted by Gasteiger charge is 2.54. The van der Waals surface area contributed by atoms with E-state index in [1.165, 1.54) is 5.56 Å². The number of Topliss-reactive ketones (excluding diaryl/α,β-unsaturated/α-hetero) is 3. The quantitative estimate of drug-likeness (QED) is 0.568. The molecule has 0 aliphatic carbocycles. The molecule has 1 aromatic rings. The zero-order chi connectivity index (χ0) is 20.8. The Bertz CT molecular complexity index is 601. The van der Waals surface area contributed by atoms with Crippen LogP contribution in [0.2, 0.25) is 0 Å². The second kappa shape index (κ2) is 8.95. The van der Waals surface area contributed by atoms with Gasteiger partial charge in [-0.25, -0.2) is 0 Å². The fraction of sp³-hybridized carbons (Fsp3) is 0.471. The summed E-state index contributed by atoms with van der Waals surface area (Å²) in [6.45, 7) is 5.92. The third-order valence-corrected chi connectivity index (χ3v) is 3.04. The first-order chi connectivity index (χ1) is 11.6. The van der Waals surface area contributed by atoms with Gasteiger partial charge in [0, 0.05) is 11.8 Å². The summed E-state index contributed by atoms with van der Waals surface area (Å²) in [7, 11) is 0. The lowest BCUT2D eigenvalue weighted by atomic mass is 9.87. The van der Waals surface area contributed by atoms with Crippen LogP contribution in [0.4, 0.5) is 26.3 Å². The maximum atomic E-state index is 11.6. The molecule has 1 aromatic carbocycles. The molecule has 0 unspecified atom stereocenters. The topological polar surface area (TPSA) is 51.2 Å². The van der Waals surface area contributed by atoms with E-state index in [0.29, 0.717) is 12.2 Å². The van der Waals surface area contributed by atoms with Crippen LogP contribution in [0.25, 0.3) is 0 Å². The summed E-state index contributed by atoms with van der Waals surface area (Å²) in [6.07, 6.45) is -10.0. The third kappa shape index (κ3) is 8.77. The summed E-state index contributed by atoms with van der Waals surface area (Å²) in [4.78, 5) is 30.9. The minimum absolute atomic E-state index is 0.200. The van der Waals surface area contributed by atoms with E-state index in [-0.39, 0.29) is 5.41 Å². The van der Waals surface area contributed by atoms with Crippen molar-refractivity contribution in [2.75, 3.05) is 0 Å². The van der Waals surface area contributed by atoms with Crippen molar-refractivity contribution < 1.29 is 40.7 Å². The van der Waals surface area contributed by atoms with Gasteiger partial charge in [-0.1, -0.05) is 51.1 Å². The molecule has 0 radical (unpaired) electrons. The van der Waals surface area contributed by atoms with Crippen molar-refractivity contribution in [3.8, 4) is 0 Å². The Morgan fingerprint density at radius 1 is 0.769 bits per heavy atom. The Hall–Kier alpha value is -2.19. The fourth-order valence-electron chi connectivity index (χ4n) is 1.54. The van der Waals surface area contributed by atoms with Gasteiger partial charge in [0.05, 0.1) is 0 Å². The minimum Gasteiger partial charge on any atom is -0.299 e. The number of ketones is 3. The molecule has 0 bridgehead atoms. The molecule has 146 valence electrons. The molecule has 0 atom stereocenters. The first kappa shape index (κ1) is 23.8. The summed E-state index contributed by atoms with van der Waals surface area (Å²) in [5.41, 5.74) is 1.04. The van der Waals surface area contributed by atoms with Crippen molar-refractivity contribution in [1.29, 1.82) is 0 Å². The maximum absolute atomic E-state index is 11.6. The Morgan fingerprint density at radius 2 is 1.15 bits per heavy atom. The van der Waals surface area contributed by atoms with Crippen molar-refractivity contribution in [3.05, 3.63) is 35.9 Å². The van der Waals surface area contributed by atoms with E-state index in [4.69, 9.17) is 0 Å². The van der Waals surface area contributed by atoms with Crippen LogP contribution < -0.4 is 0 Å². The van der Waals surface area contributed by atoms with Crippen LogP contribution in [-0.2, 0) is 20.8 Å². The van der Waals surface area contributed by atoms with Gasteiger partial charge in [-0.15, -0.1) is 0 Å². The van der Waals surface area contributed by atoms with Gasteiger partial charge in [-0.3, -0.25) is 14.4 Å². The number of hydrogen-bond donors (Lipinski definition) is 0. The summed E-state index contributed by atoms with van der Waals surface area (Å²) >= 11 is 0. The van der Waals surface area contributed by atoms with Crippen LogP contribution in [-0.4, -0.2) is 29.7 Å². The van der Waals surface area contributed by atoms with Gasteiger partial charge < -0.3 is 0 Å². The summed E-state index contributed by atoms with van der Waals surface area (Å²) < 4.78 is 67.0. The molecule has 9 heteroatoms.